The highest BCUT2D eigenvalue weighted by molar-refractivity contribution is 7.09. The van der Waals surface area contributed by atoms with Gasteiger partial charge in [0.05, 0.1) is 5.69 Å². The maximum absolute atomic E-state index is 13.8. The maximum Gasteiger partial charge on any atom is 0.273 e. The van der Waals surface area contributed by atoms with E-state index in [1.54, 1.807) is 24.3 Å². The Kier molecular flexibility index (Phi) is 8.42. The predicted molar refractivity (Wildman–Crippen MR) is 135 cm³/mol. The average Bonchev–Trinajstić information content (AvgIpc) is 3.20. The van der Waals surface area contributed by atoms with Crippen LogP contribution in [0.5, 0.6) is 0 Å². The Morgan fingerprint density at radius 1 is 1.11 bits per heavy atom. The minimum atomic E-state index is -1.19. The molecule has 11 heteroatoms. The normalized spacial score (nSPS) is 11.8. The number of amides is 3. The molecule has 3 amide bonds. The van der Waals surface area contributed by atoms with Crippen molar-refractivity contribution < 1.29 is 18.8 Å². The lowest BCUT2D eigenvalue weighted by Gasteiger charge is -2.31. The Bertz CT molecular complexity index is 1210. The molecule has 1 heterocycles. The molecule has 184 valence electrons. The first-order valence-electron chi connectivity index (χ1n) is 10.8. The molecule has 0 aliphatic rings. The third-order valence-electron chi connectivity index (χ3n) is 5.19. The molecule has 1 aromatic heterocycles. The number of anilines is 2. The van der Waals surface area contributed by atoms with E-state index in [4.69, 9.17) is 23.1 Å². The van der Waals surface area contributed by atoms with E-state index in [1.165, 1.54) is 29.2 Å². The van der Waals surface area contributed by atoms with Crippen molar-refractivity contribution in [1.29, 1.82) is 0 Å². The van der Waals surface area contributed by atoms with Gasteiger partial charge in [-0.3, -0.25) is 19.3 Å². The van der Waals surface area contributed by atoms with Gasteiger partial charge >= 0.3 is 0 Å². The van der Waals surface area contributed by atoms with Crippen molar-refractivity contribution in [2.24, 2.45) is 11.7 Å². The third kappa shape index (κ3) is 6.14. The Hall–Kier alpha value is -3.50. The second-order valence-electron chi connectivity index (χ2n) is 8.22. The molecule has 0 fully saturated rings. The summed E-state index contributed by atoms with van der Waals surface area (Å²) in [6.07, 6.45) is 0.723. The van der Waals surface area contributed by atoms with Crippen LogP contribution in [-0.4, -0.2) is 28.6 Å². The monoisotopic (exact) mass is 517 g/mol. The Balaban J connectivity index is 2.14. The fourth-order valence-electron chi connectivity index (χ4n) is 3.37. The van der Waals surface area contributed by atoms with Gasteiger partial charge in [-0.25, -0.2) is 4.39 Å². The fourth-order valence-corrected chi connectivity index (χ4v) is 4.24. The van der Waals surface area contributed by atoms with Crippen LogP contribution in [0, 0.1) is 11.7 Å². The van der Waals surface area contributed by atoms with Gasteiger partial charge < -0.3 is 16.8 Å². The predicted octanol–water partition coefficient (Wildman–Crippen LogP) is 4.17. The highest BCUT2D eigenvalue weighted by atomic mass is 35.5. The second kappa shape index (κ2) is 11.3. The summed E-state index contributed by atoms with van der Waals surface area (Å²) in [5, 5.41) is 3.29. The zero-order valence-electron chi connectivity index (χ0n) is 19.1. The summed E-state index contributed by atoms with van der Waals surface area (Å²) in [6.45, 7) is 4.43. The molecule has 0 aliphatic heterocycles. The second-order valence-corrected chi connectivity index (χ2v) is 9.43. The molecule has 3 aromatic rings. The zero-order chi connectivity index (χ0) is 25.7. The van der Waals surface area contributed by atoms with Gasteiger partial charge in [0.15, 0.2) is 5.69 Å². The van der Waals surface area contributed by atoms with Crippen molar-refractivity contribution >= 4 is 52.2 Å². The molecule has 0 saturated carbocycles. The number of carbonyl (C=O) groups excluding carboxylic acids is 3. The Morgan fingerprint density at radius 2 is 1.74 bits per heavy atom. The lowest BCUT2D eigenvalue weighted by atomic mass is 10.0. The first kappa shape index (κ1) is 26.1. The van der Waals surface area contributed by atoms with Gasteiger partial charge in [0.25, 0.3) is 11.8 Å². The van der Waals surface area contributed by atoms with Crippen LogP contribution in [0.4, 0.5) is 15.8 Å². The number of aromatic nitrogens is 1. The van der Waals surface area contributed by atoms with Crippen LogP contribution in [0.15, 0.2) is 48.5 Å². The summed E-state index contributed by atoms with van der Waals surface area (Å²) in [6, 6.07) is 10.4. The van der Waals surface area contributed by atoms with Crippen LogP contribution >= 0.6 is 23.1 Å². The van der Waals surface area contributed by atoms with Crippen molar-refractivity contribution in [3.63, 3.8) is 0 Å². The molecule has 0 saturated heterocycles. The van der Waals surface area contributed by atoms with E-state index < -0.39 is 29.6 Å². The van der Waals surface area contributed by atoms with Gasteiger partial charge in [-0.2, -0.15) is 4.37 Å². The minimum Gasteiger partial charge on any atom is -0.395 e. The molecule has 0 radical (unpaired) electrons. The molecule has 0 aliphatic carbocycles. The van der Waals surface area contributed by atoms with E-state index in [0.717, 1.165) is 6.42 Å². The number of hydrogen-bond donors (Lipinski definition) is 3. The van der Waals surface area contributed by atoms with E-state index >= 15 is 0 Å². The number of halogens is 2. The molecule has 2 aromatic carbocycles. The van der Waals surface area contributed by atoms with Gasteiger partial charge in [-0.05, 0) is 65.8 Å². The molecule has 3 rings (SSSR count). The first-order valence-corrected chi connectivity index (χ1v) is 11.9. The van der Waals surface area contributed by atoms with E-state index in [1.807, 2.05) is 13.8 Å². The average molecular weight is 518 g/mol. The van der Waals surface area contributed by atoms with Gasteiger partial charge in [0.1, 0.15) is 16.7 Å². The van der Waals surface area contributed by atoms with Crippen LogP contribution < -0.4 is 21.7 Å². The van der Waals surface area contributed by atoms with E-state index in [9.17, 15) is 18.8 Å². The number of nitrogen functional groups attached to an aromatic ring is 1. The van der Waals surface area contributed by atoms with Crippen LogP contribution in [0.3, 0.4) is 0 Å². The van der Waals surface area contributed by atoms with E-state index in [2.05, 4.69) is 9.69 Å². The highest BCUT2D eigenvalue weighted by Gasteiger charge is 2.36. The molecule has 8 nitrogen and oxygen atoms in total. The third-order valence-corrected chi connectivity index (χ3v) is 6.30. The molecule has 35 heavy (non-hydrogen) atoms. The number of benzene rings is 2. The van der Waals surface area contributed by atoms with E-state index in [-0.39, 0.29) is 16.3 Å². The lowest BCUT2D eigenvalue weighted by molar-refractivity contribution is -0.122. The highest BCUT2D eigenvalue weighted by Crippen LogP contribution is 2.33. The first-order chi connectivity index (χ1) is 16.6. The number of rotatable bonds is 9. The molecule has 1 atom stereocenters. The van der Waals surface area contributed by atoms with Crippen LogP contribution in [0.2, 0.25) is 5.02 Å². The SMILES string of the molecule is CC(C)CCNC(=O)[C@@H](c1ccc(F)cc1)N(C(=O)c1snc(C(N)=O)c1N)c1ccc(Cl)cc1. The van der Waals surface area contributed by atoms with Gasteiger partial charge in [0.2, 0.25) is 5.91 Å². The minimum absolute atomic E-state index is 0.0594. The Labute approximate surface area is 211 Å². The van der Waals surface area contributed by atoms with Gasteiger partial charge in [0, 0.05) is 17.3 Å². The number of carbonyl (C=O) groups is 3. The number of nitrogens with zero attached hydrogens (tertiary/aromatic N) is 2. The summed E-state index contributed by atoms with van der Waals surface area (Å²) in [5.74, 6) is -2.17. The number of primary amides is 1. The number of nitrogens with two attached hydrogens (primary N) is 2. The standard InChI is InChI=1S/C24H25ClFN5O3S/c1-13(2)11-12-29-23(33)20(14-3-7-16(26)8-4-14)31(17-9-5-15(25)6-10-17)24(34)21-18(27)19(22(28)32)30-35-21/h3-10,13,20H,11-12,27H2,1-2H3,(H2,28,32)(H,29,33)/t20-/m1/s1. The Morgan fingerprint density at radius 3 is 2.29 bits per heavy atom. The fraction of sp³-hybridized carbons (Fsp3) is 0.250. The van der Waals surface area contributed by atoms with Crippen molar-refractivity contribution in [3.8, 4) is 0 Å². The van der Waals surface area contributed by atoms with Crippen molar-refractivity contribution in [2.45, 2.75) is 26.3 Å². The van der Waals surface area contributed by atoms with Crippen molar-refractivity contribution in [3.05, 3.63) is 75.5 Å². The van der Waals surface area contributed by atoms with E-state index in [0.29, 0.717) is 40.3 Å². The molecule has 5 N–H and O–H groups in total. The maximum atomic E-state index is 13.8. The lowest BCUT2D eigenvalue weighted by Crippen LogP contribution is -2.44. The van der Waals surface area contributed by atoms with Crippen molar-refractivity contribution in [1.82, 2.24) is 9.69 Å². The smallest absolute Gasteiger partial charge is 0.273 e. The largest absolute Gasteiger partial charge is 0.395 e. The summed E-state index contributed by atoms with van der Waals surface area (Å²) in [4.78, 5) is 40.1. The molecule has 0 spiro atoms. The van der Waals surface area contributed by atoms with Crippen molar-refractivity contribution in [2.75, 3.05) is 17.2 Å². The van der Waals surface area contributed by atoms with Crippen LogP contribution in [-0.2, 0) is 4.79 Å². The molecule has 0 bridgehead atoms. The summed E-state index contributed by atoms with van der Waals surface area (Å²) < 4.78 is 17.6. The quantitative estimate of drug-likeness (QED) is 0.392. The molecule has 0 unspecified atom stereocenters. The summed E-state index contributed by atoms with van der Waals surface area (Å²) in [7, 11) is 0. The van der Waals surface area contributed by atoms with Crippen LogP contribution in [0.25, 0.3) is 0 Å². The summed E-state index contributed by atoms with van der Waals surface area (Å²) >= 11 is 6.75. The number of nitrogens with one attached hydrogen (secondary N) is 1. The van der Waals surface area contributed by atoms with Gasteiger partial charge in [-0.1, -0.05) is 37.6 Å². The number of hydrogen-bond acceptors (Lipinski definition) is 6. The summed E-state index contributed by atoms with van der Waals surface area (Å²) in [5.41, 5.74) is 11.6. The van der Waals surface area contributed by atoms with Gasteiger partial charge in [-0.15, -0.1) is 0 Å². The topological polar surface area (TPSA) is 131 Å². The van der Waals surface area contributed by atoms with Crippen LogP contribution in [0.1, 0.15) is 52.0 Å². The molecular weight excluding hydrogens is 493 g/mol. The zero-order valence-corrected chi connectivity index (χ0v) is 20.7. The molecular formula is C24H25ClFN5O3S.